The van der Waals surface area contributed by atoms with E-state index >= 15 is 0 Å². The van der Waals surface area contributed by atoms with Gasteiger partial charge in [0.2, 0.25) is 0 Å². The molecular weight excluding hydrogens is 444 g/mol. The van der Waals surface area contributed by atoms with E-state index in [1.807, 2.05) is 50.0 Å². The van der Waals surface area contributed by atoms with Gasteiger partial charge in [-0.25, -0.2) is 9.97 Å². The largest absolute Gasteiger partial charge is 0.355 e. The Morgan fingerprint density at radius 3 is 2.75 bits per heavy atom. The van der Waals surface area contributed by atoms with Crippen molar-refractivity contribution in [3.63, 3.8) is 0 Å². The Kier molecular flexibility index (Phi) is 4.67. The summed E-state index contributed by atoms with van der Waals surface area (Å²) in [4.78, 5) is 12.6. The Balaban J connectivity index is 1.14. The number of rotatable bonds is 3. The second-order valence-electron chi connectivity index (χ2n) is 8.67. The summed E-state index contributed by atoms with van der Waals surface area (Å²) in [5.41, 5.74) is 8.74. The summed E-state index contributed by atoms with van der Waals surface area (Å²) in [5, 5.41) is 11.3. The number of hydrogen-bond acceptors (Lipinski definition) is 7. The van der Waals surface area contributed by atoms with E-state index in [-0.39, 0.29) is 11.5 Å². The lowest BCUT2D eigenvalue weighted by Gasteiger charge is -2.41. The van der Waals surface area contributed by atoms with Crippen LogP contribution in [-0.4, -0.2) is 42.6 Å². The predicted octanol–water partition coefficient (Wildman–Crippen LogP) is 3.66. The van der Waals surface area contributed by atoms with Crippen LogP contribution in [0, 0.1) is 5.41 Å². The van der Waals surface area contributed by atoms with Crippen molar-refractivity contribution in [2.24, 2.45) is 18.2 Å². The second-order valence-corrected chi connectivity index (χ2v) is 10.1. The lowest BCUT2D eigenvalue weighted by Crippen LogP contribution is -2.45. The van der Waals surface area contributed by atoms with Crippen LogP contribution in [-0.2, 0) is 13.6 Å². The van der Waals surface area contributed by atoms with Crippen LogP contribution in [0.3, 0.4) is 0 Å². The van der Waals surface area contributed by atoms with Gasteiger partial charge in [0.05, 0.1) is 34.7 Å². The minimum Gasteiger partial charge on any atom is -0.355 e. The molecule has 1 saturated heterocycles. The lowest BCUT2D eigenvalue weighted by molar-refractivity contribution is 0.170. The summed E-state index contributed by atoms with van der Waals surface area (Å²) >= 11 is 8.12. The SMILES string of the molecule is Cn1cc2c(Cl)c(Sc3cnc(N4CCC5(CC4)Cn4nccc4[C@H]5N)cn3)ccc2n1. The molecular formula is C22H23ClN8S. The Bertz CT molecular complexity index is 1290. The number of hydrogen-bond donors (Lipinski definition) is 1. The third-order valence-corrected chi connectivity index (χ3v) is 8.31. The smallest absolute Gasteiger partial charge is 0.147 e. The number of aryl methyl sites for hydroxylation is 1. The first-order chi connectivity index (χ1) is 15.5. The van der Waals surface area contributed by atoms with Gasteiger partial charge in [0, 0.05) is 54.8 Å². The first-order valence-electron chi connectivity index (χ1n) is 10.7. The Hall–Kier alpha value is -2.62. The molecule has 164 valence electrons. The molecule has 0 unspecified atom stereocenters. The molecule has 6 rings (SSSR count). The van der Waals surface area contributed by atoms with E-state index in [4.69, 9.17) is 22.3 Å². The van der Waals surface area contributed by atoms with Gasteiger partial charge in [0.15, 0.2) is 0 Å². The monoisotopic (exact) mass is 466 g/mol. The first-order valence-corrected chi connectivity index (χ1v) is 11.9. The van der Waals surface area contributed by atoms with Crippen LogP contribution in [0.1, 0.15) is 24.6 Å². The molecule has 0 radical (unpaired) electrons. The van der Waals surface area contributed by atoms with E-state index in [0.717, 1.165) is 64.8 Å². The minimum atomic E-state index is 0.0545. The summed E-state index contributed by atoms with van der Waals surface area (Å²) in [5.74, 6) is 0.905. The number of aromatic nitrogens is 6. The highest BCUT2D eigenvalue weighted by atomic mass is 35.5. The van der Waals surface area contributed by atoms with Crippen LogP contribution in [0.25, 0.3) is 10.9 Å². The molecule has 0 amide bonds. The Morgan fingerprint density at radius 1 is 1.16 bits per heavy atom. The van der Waals surface area contributed by atoms with Crippen molar-refractivity contribution >= 4 is 40.1 Å². The molecule has 1 spiro atoms. The predicted molar refractivity (Wildman–Crippen MR) is 125 cm³/mol. The average molecular weight is 467 g/mol. The second kappa shape index (κ2) is 7.47. The van der Waals surface area contributed by atoms with E-state index in [2.05, 4.69) is 24.8 Å². The number of halogens is 1. The summed E-state index contributed by atoms with van der Waals surface area (Å²) < 4.78 is 3.84. The third-order valence-electron chi connectivity index (χ3n) is 6.81. The average Bonchev–Trinajstić information content (AvgIpc) is 3.48. The standard InChI is InChI=1S/C22H23ClN8S/c1-29-12-14-15(28-29)2-3-17(20(14)23)32-19-11-25-18(10-26-19)30-8-5-22(6-9-30)13-31-16(21(22)24)4-7-27-31/h2-4,7,10-12,21H,5-6,8-9,13,24H2,1H3/t21-/m1/s1. The van der Waals surface area contributed by atoms with Crippen molar-refractivity contribution in [3.8, 4) is 0 Å². The van der Waals surface area contributed by atoms with Gasteiger partial charge in [0.25, 0.3) is 0 Å². The molecule has 4 aromatic rings. The van der Waals surface area contributed by atoms with Gasteiger partial charge in [0.1, 0.15) is 10.8 Å². The van der Waals surface area contributed by atoms with Crippen molar-refractivity contribution < 1.29 is 0 Å². The molecule has 8 nitrogen and oxygen atoms in total. The summed E-state index contributed by atoms with van der Waals surface area (Å²) in [6.07, 6.45) is 9.51. The van der Waals surface area contributed by atoms with Crippen molar-refractivity contribution in [2.75, 3.05) is 18.0 Å². The maximum Gasteiger partial charge on any atom is 0.147 e. The van der Waals surface area contributed by atoms with Crippen molar-refractivity contribution in [2.45, 2.75) is 35.3 Å². The van der Waals surface area contributed by atoms with E-state index in [0.29, 0.717) is 5.02 Å². The van der Waals surface area contributed by atoms with E-state index < -0.39 is 0 Å². The normalized spacial score (nSPS) is 19.7. The molecule has 1 fully saturated rings. The summed E-state index contributed by atoms with van der Waals surface area (Å²) in [6, 6.07) is 6.07. The topological polar surface area (TPSA) is 90.7 Å². The molecule has 1 aromatic carbocycles. The third kappa shape index (κ3) is 3.18. The van der Waals surface area contributed by atoms with Crippen LogP contribution in [0.15, 0.2) is 52.9 Å². The molecule has 0 bridgehead atoms. The fourth-order valence-corrected chi connectivity index (χ4v) is 6.07. The maximum atomic E-state index is 6.61. The van der Waals surface area contributed by atoms with E-state index in [1.165, 1.54) is 11.8 Å². The van der Waals surface area contributed by atoms with Gasteiger partial charge in [-0.3, -0.25) is 9.36 Å². The number of fused-ring (bicyclic) bond motifs is 2. The van der Waals surface area contributed by atoms with Gasteiger partial charge < -0.3 is 10.6 Å². The highest BCUT2D eigenvalue weighted by molar-refractivity contribution is 7.99. The van der Waals surface area contributed by atoms with Gasteiger partial charge >= 0.3 is 0 Å². The molecule has 32 heavy (non-hydrogen) atoms. The molecule has 1 atom stereocenters. The number of piperidine rings is 1. The quantitative estimate of drug-likeness (QED) is 0.492. The van der Waals surface area contributed by atoms with Crippen molar-refractivity contribution in [1.29, 1.82) is 0 Å². The molecule has 2 aliphatic rings. The zero-order chi connectivity index (χ0) is 21.9. The number of anilines is 1. The minimum absolute atomic E-state index is 0.0545. The maximum absolute atomic E-state index is 6.61. The summed E-state index contributed by atoms with van der Waals surface area (Å²) in [6.45, 7) is 2.75. The van der Waals surface area contributed by atoms with Crippen molar-refractivity contribution in [1.82, 2.24) is 29.5 Å². The molecule has 10 heteroatoms. The Labute approximate surface area is 194 Å². The molecule has 3 aromatic heterocycles. The molecule has 0 aliphatic carbocycles. The first kappa shape index (κ1) is 20.0. The van der Waals surface area contributed by atoms with Gasteiger partial charge in [-0.2, -0.15) is 10.2 Å². The highest BCUT2D eigenvalue weighted by Crippen LogP contribution is 2.47. The highest BCUT2D eigenvalue weighted by Gasteiger charge is 2.46. The van der Waals surface area contributed by atoms with E-state index in [1.54, 1.807) is 4.68 Å². The molecule has 5 heterocycles. The Morgan fingerprint density at radius 2 is 2.00 bits per heavy atom. The van der Waals surface area contributed by atoms with Crippen LogP contribution in [0.2, 0.25) is 5.02 Å². The van der Waals surface area contributed by atoms with Crippen LogP contribution in [0.4, 0.5) is 5.82 Å². The number of nitrogens with zero attached hydrogens (tertiary/aromatic N) is 7. The molecule has 2 N–H and O–H groups in total. The van der Waals surface area contributed by atoms with Crippen LogP contribution in [0.5, 0.6) is 0 Å². The van der Waals surface area contributed by atoms with Crippen LogP contribution >= 0.6 is 23.4 Å². The zero-order valence-electron chi connectivity index (χ0n) is 17.6. The fraction of sp³-hybridized carbons (Fsp3) is 0.364. The number of nitrogens with two attached hydrogens (primary N) is 1. The zero-order valence-corrected chi connectivity index (χ0v) is 19.2. The van der Waals surface area contributed by atoms with Gasteiger partial charge in [-0.1, -0.05) is 23.4 Å². The van der Waals surface area contributed by atoms with E-state index in [9.17, 15) is 0 Å². The number of benzene rings is 1. The van der Waals surface area contributed by atoms with Crippen LogP contribution < -0.4 is 10.6 Å². The molecule has 0 saturated carbocycles. The lowest BCUT2D eigenvalue weighted by atomic mass is 9.73. The van der Waals surface area contributed by atoms with Crippen molar-refractivity contribution in [3.05, 3.63) is 53.7 Å². The van der Waals surface area contributed by atoms with Gasteiger partial charge in [-0.05, 0) is 31.0 Å². The summed E-state index contributed by atoms with van der Waals surface area (Å²) in [7, 11) is 1.89. The van der Waals surface area contributed by atoms with Gasteiger partial charge in [-0.15, -0.1) is 0 Å². The molecule has 2 aliphatic heterocycles. The fourth-order valence-electron chi connectivity index (χ4n) is 4.98.